The first kappa shape index (κ1) is 14.4. The first-order valence-electron chi connectivity index (χ1n) is 6.21. The highest BCUT2D eigenvalue weighted by molar-refractivity contribution is 6.01. The summed E-state index contributed by atoms with van der Waals surface area (Å²) in [5.41, 5.74) is 2.21. The van der Waals surface area contributed by atoms with Crippen LogP contribution in [-0.4, -0.2) is 15.8 Å². The number of benzene rings is 1. The van der Waals surface area contributed by atoms with E-state index in [9.17, 15) is 14.9 Å². The summed E-state index contributed by atoms with van der Waals surface area (Å²) in [4.78, 5) is 25.8. The summed E-state index contributed by atoms with van der Waals surface area (Å²) >= 11 is 0. The molecule has 1 aromatic carbocycles. The number of amides is 1. The van der Waals surface area contributed by atoms with Gasteiger partial charge in [0.15, 0.2) is 0 Å². The van der Waals surface area contributed by atoms with Gasteiger partial charge in [-0.25, -0.2) is 0 Å². The molecule has 1 heterocycles. The molecule has 21 heavy (non-hydrogen) atoms. The predicted octanol–water partition coefficient (Wildman–Crippen LogP) is 2.95. The largest absolute Gasteiger partial charge is 0.322 e. The van der Waals surface area contributed by atoms with E-state index in [4.69, 9.17) is 0 Å². The van der Waals surface area contributed by atoms with Crippen LogP contribution < -0.4 is 5.32 Å². The average Bonchev–Trinajstić information content (AvgIpc) is 2.45. The Kier molecular flexibility index (Phi) is 4.40. The minimum absolute atomic E-state index is 0.0175. The molecule has 0 spiro atoms. The lowest BCUT2D eigenvalue weighted by molar-refractivity contribution is -0.384. The third kappa shape index (κ3) is 4.24. The van der Waals surface area contributed by atoms with E-state index >= 15 is 0 Å². The van der Waals surface area contributed by atoms with Crippen molar-refractivity contribution in [3.8, 4) is 0 Å². The van der Waals surface area contributed by atoms with E-state index in [0.717, 1.165) is 5.69 Å². The van der Waals surface area contributed by atoms with Crippen LogP contribution in [0, 0.1) is 17.0 Å². The highest BCUT2D eigenvalue weighted by Crippen LogP contribution is 2.13. The van der Waals surface area contributed by atoms with Gasteiger partial charge < -0.3 is 5.32 Å². The molecule has 1 N–H and O–H groups in total. The summed E-state index contributed by atoms with van der Waals surface area (Å²) in [5, 5.41) is 13.2. The minimum Gasteiger partial charge on any atom is -0.322 e. The highest BCUT2D eigenvalue weighted by atomic mass is 16.6. The van der Waals surface area contributed by atoms with Crippen molar-refractivity contribution in [1.82, 2.24) is 4.98 Å². The number of nitrogens with one attached hydrogen (secondary N) is 1. The molecule has 1 aromatic heterocycles. The van der Waals surface area contributed by atoms with Crippen LogP contribution in [0.3, 0.4) is 0 Å². The quantitative estimate of drug-likeness (QED) is 0.531. The molecule has 6 heteroatoms. The summed E-state index contributed by atoms with van der Waals surface area (Å²) in [6, 6.07) is 9.41. The van der Waals surface area contributed by atoms with Crippen molar-refractivity contribution in [2.75, 3.05) is 5.32 Å². The maximum Gasteiger partial charge on any atom is 0.269 e. The molecule has 106 valence electrons. The third-order valence-electron chi connectivity index (χ3n) is 2.70. The Hall–Kier alpha value is -3.02. The van der Waals surface area contributed by atoms with Gasteiger partial charge in [0, 0.05) is 35.8 Å². The minimum atomic E-state index is -0.466. The molecular formula is C15H13N3O3. The SMILES string of the molecule is Cc1cc(NC(=O)/C=C/c2ccc([N+](=O)[O-])cc2)ccn1. The summed E-state index contributed by atoms with van der Waals surface area (Å²) < 4.78 is 0. The Morgan fingerprint density at radius 3 is 2.62 bits per heavy atom. The molecule has 0 bridgehead atoms. The van der Waals surface area contributed by atoms with Gasteiger partial charge in [-0.3, -0.25) is 19.9 Å². The second kappa shape index (κ2) is 6.42. The fourth-order valence-electron chi connectivity index (χ4n) is 1.69. The van der Waals surface area contributed by atoms with Crippen LogP contribution in [0.2, 0.25) is 0 Å². The van der Waals surface area contributed by atoms with Gasteiger partial charge in [-0.15, -0.1) is 0 Å². The summed E-state index contributed by atoms with van der Waals surface area (Å²) in [5.74, 6) is -0.279. The molecule has 0 radical (unpaired) electrons. The van der Waals surface area contributed by atoms with E-state index in [0.29, 0.717) is 11.3 Å². The maximum absolute atomic E-state index is 11.7. The second-order valence-electron chi connectivity index (χ2n) is 4.36. The Labute approximate surface area is 121 Å². The van der Waals surface area contributed by atoms with Gasteiger partial charge in [0.25, 0.3) is 5.69 Å². The van der Waals surface area contributed by atoms with E-state index in [1.807, 2.05) is 6.92 Å². The van der Waals surface area contributed by atoms with E-state index in [-0.39, 0.29) is 11.6 Å². The van der Waals surface area contributed by atoms with Gasteiger partial charge in [-0.2, -0.15) is 0 Å². The molecule has 0 saturated carbocycles. The number of hydrogen-bond acceptors (Lipinski definition) is 4. The predicted molar refractivity (Wildman–Crippen MR) is 79.7 cm³/mol. The number of carbonyl (C=O) groups is 1. The van der Waals surface area contributed by atoms with Crippen molar-refractivity contribution in [3.05, 3.63) is 70.0 Å². The number of carbonyl (C=O) groups excluding carboxylic acids is 1. The van der Waals surface area contributed by atoms with E-state index in [2.05, 4.69) is 10.3 Å². The fraction of sp³-hybridized carbons (Fsp3) is 0.0667. The Balaban J connectivity index is 2.00. The smallest absolute Gasteiger partial charge is 0.269 e. The zero-order valence-electron chi connectivity index (χ0n) is 11.3. The lowest BCUT2D eigenvalue weighted by Gasteiger charge is -2.02. The molecule has 0 aliphatic rings. The number of nitrogens with zero attached hydrogens (tertiary/aromatic N) is 2. The van der Waals surface area contributed by atoms with Gasteiger partial charge in [0.1, 0.15) is 0 Å². The van der Waals surface area contributed by atoms with Gasteiger partial charge >= 0.3 is 0 Å². The normalized spacial score (nSPS) is 10.5. The van der Waals surface area contributed by atoms with Crippen molar-refractivity contribution in [2.45, 2.75) is 6.92 Å². The second-order valence-corrected chi connectivity index (χ2v) is 4.36. The van der Waals surface area contributed by atoms with Crippen molar-refractivity contribution >= 4 is 23.4 Å². The first-order valence-corrected chi connectivity index (χ1v) is 6.21. The topological polar surface area (TPSA) is 85.1 Å². The van der Waals surface area contributed by atoms with Crippen molar-refractivity contribution in [2.24, 2.45) is 0 Å². The number of anilines is 1. The number of nitro benzene ring substituents is 1. The number of rotatable bonds is 4. The molecular weight excluding hydrogens is 270 g/mol. The fourth-order valence-corrected chi connectivity index (χ4v) is 1.69. The van der Waals surface area contributed by atoms with Crippen LogP contribution in [-0.2, 0) is 4.79 Å². The molecule has 0 saturated heterocycles. The summed E-state index contributed by atoms with van der Waals surface area (Å²) in [6.07, 6.45) is 4.58. The Morgan fingerprint density at radius 1 is 1.29 bits per heavy atom. The van der Waals surface area contributed by atoms with E-state index < -0.39 is 4.92 Å². The number of pyridine rings is 1. The van der Waals surface area contributed by atoms with Crippen molar-refractivity contribution in [3.63, 3.8) is 0 Å². The zero-order valence-corrected chi connectivity index (χ0v) is 11.3. The third-order valence-corrected chi connectivity index (χ3v) is 2.70. The average molecular weight is 283 g/mol. The van der Waals surface area contributed by atoms with E-state index in [1.165, 1.54) is 18.2 Å². The molecule has 0 aliphatic carbocycles. The Bertz CT molecular complexity index is 694. The monoisotopic (exact) mass is 283 g/mol. The number of aromatic nitrogens is 1. The molecule has 0 atom stereocenters. The van der Waals surface area contributed by atoms with E-state index in [1.54, 1.807) is 36.5 Å². The first-order chi connectivity index (χ1) is 10.0. The summed E-state index contributed by atoms with van der Waals surface area (Å²) in [6.45, 7) is 1.84. The number of non-ortho nitro benzene ring substituents is 1. The van der Waals surface area contributed by atoms with Crippen LogP contribution in [0.4, 0.5) is 11.4 Å². The zero-order chi connectivity index (χ0) is 15.2. The van der Waals surface area contributed by atoms with Gasteiger partial charge in [0.2, 0.25) is 5.91 Å². The molecule has 0 fully saturated rings. The molecule has 2 aromatic rings. The number of nitro groups is 1. The van der Waals surface area contributed by atoms with Crippen molar-refractivity contribution in [1.29, 1.82) is 0 Å². The maximum atomic E-state index is 11.7. The molecule has 1 amide bonds. The molecule has 2 rings (SSSR count). The van der Waals surface area contributed by atoms with Crippen LogP contribution in [0.25, 0.3) is 6.08 Å². The van der Waals surface area contributed by atoms with Crippen LogP contribution in [0.15, 0.2) is 48.7 Å². The van der Waals surface area contributed by atoms with Gasteiger partial charge in [-0.05, 0) is 42.8 Å². The lowest BCUT2D eigenvalue weighted by Crippen LogP contribution is -2.07. The van der Waals surface area contributed by atoms with Gasteiger partial charge in [-0.1, -0.05) is 0 Å². The number of aryl methyl sites for hydroxylation is 1. The molecule has 0 unspecified atom stereocenters. The van der Waals surface area contributed by atoms with Crippen LogP contribution >= 0.6 is 0 Å². The lowest BCUT2D eigenvalue weighted by atomic mass is 10.2. The van der Waals surface area contributed by atoms with Crippen LogP contribution in [0.1, 0.15) is 11.3 Å². The summed E-state index contributed by atoms with van der Waals surface area (Å²) in [7, 11) is 0. The number of hydrogen-bond donors (Lipinski definition) is 1. The van der Waals surface area contributed by atoms with Gasteiger partial charge in [0.05, 0.1) is 4.92 Å². The standard InChI is InChI=1S/C15H13N3O3/c1-11-10-13(8-9-16-11)17-15(19)7-4-12-2-5-14(6-3-12)18(20)21/h2-10H,1H3,(H,16,17,19)/b7-4+. The molecule has 6 nitrogen and oxygen atoms in total. The van der Waals surface area contributed by atoms with Crippen molar-refractivity contribution < 1.29 is 9.72 Å². The highest BCUT2D eigenvalue weighted by Gasteiger charge is 2.03. The molecule has 0 aliphatic heterocycles. The Morgan fingerprint density at radius 2 is 2.00 bits per heavy atom. The van der Waals surface area contributed by atoms with Crippen LogP contribution in [0.5, 0.6) is 0 Å².